The lowest BCUT2D eigenvalue weighted by atomic mass is 9.93. The monoisotopic (exact) mass is 441 g/mol. The van der Waals surface area contributed by atoms with E-state index < -0.39 is 0 Å². The molecule has 31 heavy (non-hydrogen) atoms. The second-order valence-electron chi connectivity index (χ2n) is 8.10. The molecule has 0 saturated carbocycles. The van der Waals surface area contributed by atoms with Crippen LogP contribution in [-0.4, -0.2) is 35.8 Å². The van der Waals surface area contributed by atoms with Crippen molar-refractivity contribution in [2.75, 3.05) is 13.1 Å². The van der Waals surface area contributed by atoms with Gasteiger partial charge in [-0.25, -0.2) is 4.39 Å². The molecule has 4 rings (SSSR count). The minimum Gasteiger partial charge on any atom is -0.619 e. The molecule has 1 aliphatic rings. The topological polar surface area (TPSA) is 76.4 Å². The Labute approximate surface area is 183 Å². The Hall–Kier alpha value is -3.00. The predicted octanol–water partition coefficient (Wildman–Crippen LogP) is 3.65. The number of likely N-dealkylation sites (tertiary alicyclic amines) is 1. The standard InChI is InChI=1S/C23H24FN3O3S/c1-14-3-4-16(12-25-22(28)17-7-9-26(30)10-8-17)13-27(14)23(29)21-15(2)19-6-5-18(24)11-20(19)31-21/h5-11,14,16H,3-4,12-13H2,1-2H3,(H,25,28). The molecule has 2 amide bonds. The smallest absolute Gasteiger partial charge is 0.264 e. The number of nitrogens with zero attached hydrogens (tertiary/aromatic N) is 2. The number of thiophene rings is 1. The van der Waals surface area contributed by atoms with Gasteiger partial charge in [0.1, 0.15) is 5.82 Å². The minimum atomic E-state index is -0.307. The third-order valence-corrected chi connectivity index (χ3v) is 7.19. The fourth-order valence-corrected chi connectivity index (χ4v) is 5.26. The highest BCUT2D eigenvalue weighted by Gasteiger charge is 2.31. The summed E-state index contributed by atoms with van der Waals surface area (Å²) in [5.74, 6) is -0.437. The number of pyridine rings is 1. The molecule has 0 spiro atoms. The lowest BCUT2D eigenvalue weighted by molar-refractivity contribution is -0.605. The summed E-state index contributed by atoms with van der Waals surface area (Å²) in [6.07, 6.45) is 4.34. The van der Waals surface area contributed by atoms with E-state index in [0.717, 1.165) is 28.5 Å². The van der Waals surface area contributed by atoms with Crippen molar-refractivity contribution in [2.24, 2.45) is 5.92 Å². The molecule has 1 N–H and O–H groups in total. The van der Waals surface area contributed by atoms with E-state index in [1.54, 1.807) is 6.07 Å². The molecular formula is C23H24FN3O3S. The van der Waals surface area contributed by atoms with Gasteiger partial charge in [-0.2, -0.15) is 4.73 Å². The highest BCUT2D eigenvalue weighted by Crippen LogP contribution is 2.34. The molecule has 2 aromatic heterocycles. The zero-order chi connectivity index (χ0) is 22.1. The molecule has 2 unspecified atom stereocenters. The molecule has 3 heterocycles. The summed E-state index contributed by atoms with van der Waals surface area (Å²) in [5.41, 5.74) is 1.31. The molecule has 0 bridgehead atoms. The Morgan fingerprint density at radius 2 is 2.00 bits per heavy atom. The number of fused-ring (bicyclic) bond motifs is 1. The summed E-state index contributed by atoms with van der Waals surface area (Å²) >= 11 is 1.33. The fraction of sp³-hybridized carbons (Fsp3) is 0.348. The number of benzene rings is 1. The maximum atomic E-state index is 13.6. The lowest BCUT2D eigenvalue weighted by Crippen LogP contribution is -2.48. The van der Waals surface area contributed by atoms with E-state index in [2.05, 4.69) is 5.32 Å². The Balaban J connectivity index is 1.45. The Morgan fingerprint density at radius 1 is 1.26 bits per heavy atom. The summed E-state index contributed by atoms with van der Waals surface area (Å²) in [6.45, 7) is 4.95. The first-order valence-electron chi connectivity index (χ1n) is 10.3. The molecule has 6 nitrogen and oxygen atoms in total. The van der Waals surface area contributed by atoms with Crippen LogP contribution in [0.15, 0.2) is 42.7 Å². The van der Waals surface area contributed by atoms with Crippen LogP contribution >= 0.6 is 11.3 Å². The van der Waals surface area contributed by atoms with E-state index in [0.29, 0.717) is 28.3 Å². The van der Waals surface area contributed by atoms with Crippen molar-refractivity contribution in [3.63, 3.8) is 0 Å². The van der Waals surface area contributed by atoms with Crippen LogP contribution in [0.5, 0.6) is 0 Å². The zero-order valence-electron chi connectivity index (χ0n) is 17.4. The summed E-state index contributed by atoms with van der Waals surface area (Å²) in [6, 6.07) is 7.68. The number of aromatic nitrogens is 1. The molecule has 0 radical (unpaired) electrons. The molecule has 1 saturated heterocycles. The fourth-order valence-electron chi connectivity index (χ4n) is 4.07. The van der Waals surface area contributed by atoms with Gasteiger partial charge in [-0.15, -0.1) is 11.3 Å². The van der Waals surface area contributed by atoms with Crippen LogP contribution in [-0.2, 0) is 0 Å². The molecule has 1 aliphatic heterocycles. The number of halogens is 1. The number of nitrogens with one attached hydrogen (secondary N) is 1. The quantitative estimate of drug-likeness (QED) is 0.496. The number of aryl methyl sites for hydroxylation is 1. The molecule has 162 valence electrons. The van der Waals surface area contributed by atoms with Crippen molar-refractivity contribution in [3.05, 3.63) is 69.8 Å². The van der Waals surface area contributed by atoms with Gasteiger partial charge in [-0.05, 0) is 55.7 Å². The van der Waals surface area contributed by atoms with Crippen LogP contribution in [0.4, 0.5) is 4.39 Å². The van der Waals surface area contributed by atoms with Gasteiger partial charge in [0.15, 0.2) is 12.4 Å². The third-order valence-electron chi connectivity index (χ3n) is 5.95. The van der Waals surface area contributed by atoms with Crippen LogP contribution in [0.1, 0.15) is 45.4 Å². The van der Waals surface area contributed by atoms with Gasteiger partial charge >= 0.3 is 0 Å². The summed E-state index contributed by atoms with van der Waals surface area (Å²) < 4.78 is 15.0. The zero-order valence-corrected chi connectivity index (χ0v) is 18.2. The number of hydrogen-bond donors (Lipinski definition) is 1. The van der Waals surface area contributed by atoms with Crippen LogP contribution in [0.2, 0.25) is 0 Å². The van der Waals surface area contributed by atoms with Crippen molar-refractivity contribution in [1.82, 2.24) is 10.2 Å². The number of amides is 2. The van der Waals surface area contributed by atoms with Crippen molar-refractivity contribution >= 4 is 33.2 Å². The van der Waals surface area contributed by atoms with E-state index in [1.807, 2.05) is 18.7 Å². The average molecular weight is 442 g/mol. The van der Waals surface area contributed by atoms with E-state index in [4.69, 9.17) is 0 Å². The number of hydrogen-bond acceptors (Lipinski definition) is 4. The number of rotatable bonds is 4. The van der Waals surface area contributed by atoms with Crippen molar-refractivity contribution in [2.45, 2.75) is 32.7 Å². The Morgan fingerprint density at radius 3 is 2.74 bits per heavy atom. The number of piperidine rings is 1. The van der Waals surface area contributed by atoms with Crippen molar-refractivity contribution < 1.29 is 18.7 Å². The summed E-state index contributed by atoms with van der Waals surface area (Å²) in [7, 11) is 0. The van der Waals surface area contributed by atoms with Crippen LogP contribution < -0.4 is 10.0 Å². The first kappa shape index (κ1) is 21.2. The maximum Gasteiger partial charge on any atom is 0.264 e. The predicted molar refractivity (Wildman–Crippen MR) is 117 cm³/mol. The first-order chi connectivity index (χ1) is 14.8. The molecule has 8 heteroatoms. The molecule has 2 atom stereocenters. The Kier molecular flexibility index (Phi) is 5.91. The van der Waals surface area contributed by atoms with Gasteiger partial charge in [0.05, 0.1) is 10.4 Å². The number of carbonyl (C=O) groups excluding carboxylic acids is 2. The average Bonchev–Trinajstić information content (AvgIpc) is 3.08. The second-order valence-corrected chi connectivity index (χ2v) is 9.16. The molecule has 1 fully saturated rings. The first-order valence-corrected chi connectivity index (χ1v) is 11.1. The maximum absolute atomic E-state index is 13.6. The van der Waals surface area contributed by atoms with Gasteiger partial charge in [0.2, 0.25) is 0 Å². The summed E-state index contributed by atoms with van der Waals surface area (Å²) in [5, 5.41) is 14.9. The van der Waals surface area contributed by atoms with E-state index in [-0.39, 0.29) is 29.6 Å². The molecule has 1 aromatic carbocycles. The van der Waals surface area contributed by atoms with E-state index in [9.17, 15) is 19.2 Å². The highest BCUT2D eigenvalue weighted by molar-refractivity contribution is 7.21. The Bertz CT molecular complexity index is 1130. The summed E-state index contributed by atoms with van der Waals surface area (Å²) in [4.78, 5) is 28.2. The van der Waals surface area contributed by atoms with E-state index in [1.165, 1.54) is 48.0 Å². The van der Waals surface area contributed by atoms with Crippen LogP contribution in [0.3, 0.4) is 0 Å². The minimum absolute atomic E-state index is 0.0364. The molecule has 3 aromatic rings. The lowest BCUT2D eigenvalue weighted by Gasteiger charge is -2.38. The van der Waals surface area contributed by atoms with Crippen molar-refractivity contribution in [1.29, 1.82) is 0 Å². The van der Waals surface area contributed by atoms with Crippen LogP contribution in [0, 0.1) is 23.9 Å². The SMILES string of the molecule is Cc1c(C(=O)N2CC(CNC(=O)c3cc[n+]([O-])cc3)CCC2C)sc2cc(F)ccc12. The highest BCUT2D eigenvalue weighted by atomic mass is 32.1. The molecular weight excluding hydrogens is 417 g/mol. The molecule has 0 aliphatic carbocycles. The van der Waals surface area contributed by atoms with Crippen LogP contribution in [0.25, 0.3) is 10.1 Å². The van der Waals surface area contributed by atoms with Gasteiger partial charge < -0.3 is 15.4 Å². The number of carbonyl (C=O) groups is 2. The van der Waals surface area contributed by atoms with Gasteiger partial charge in [0, 0.05) is 36.0 Å². The van der Waals surface area contributed by atoms with Gasteiger partial charge in [-0.1, -0.05) is 6.07 Å². The van der Waals surface area contributed by atoms with Gasteiger partial charge in [0.25, 0.3) is 11.8 Å². The largest absolute Gasteiger partial charge is 0.619 e. The third kappa shape index (κ3) is 4.39. The van der Waals surface area contributed by atoms with E-state index >= 15 is 0 Å². The normalized spacial score (nSPS) is 18.9. The van der Waals surface area contributed by atoms with Crippen molar-refractivity contribution in [3.8, 4) is 0 Å². The van der Waals surface area contributed by atoms with Gasteiger partial charge in [-0.3, -0.25) is 9.59 Å². The second kappa shape index (κ2) is 8.63.